The summed E-state index contributed by atoms with van der Waals surface area (Å²) >= 11 is 0. The number of amides is 2. The summed E-state index contributed by atoms with van der Waals surface area (Å²) in [4.78, 5) is 40.5. The second-order valence-electron chi connectivity index (χ2n) is 6.25. The van der Waals surface area contributed by atoms with Gasteiger partial charge in [-0.15, -0.1) is 0 Å². The van der Waals surface area contributed by atoms with E-state index in [-0.39, 0.29) is 12.0 Å². The van der Waals surface area contributed by atoms with Gasteiger partial charge in [-0.05, 0) is 17.7 Å². The number of carbonyl (C=O) groups is 3. The molecule has 1 atom stereocenters. The Labute approximate surface area is 161 Å². The summed E-state index contributed by atoms with van der Waals surface area (Å²) in [5.74, 6) is -2.47. The lowest BCUT2D eigenvalue weighted by atomic mass is 10.0. The van der Waals surface area contributed by atoms with Crippen LogP contribution in [0.15, 0.2) is 61.1 Å². The van der Waals surface area contributed by atoms with Crippen molar-refractivity contribution in [2.75, 3.05) is 0 Å². The van der Waals surface area contributed by atoms with Gasteiger partial charge in [-0.25, -0.2) is 0 Å². The SMILES string of the molecule is Cn1cc(C(=O)NC(Cc2ccccc2)C(=O)C(N)=O)c(-c2ccncc2)n1. The van der Waals surface area contributed by atoms with Crippen LogP contribution in [0.2, 0.25) is 0 Å². The van der Waals surface area contributed by atoms with Crippen LogP contribution in [0, 0.1) is 0 Å². The van der Waals surface area contributed by atoms with Crippen LogP contribution in [0.1, 0.15) is 15.9 Å². The zero-order valence-corrected chi connectivity index (χ0v) is 15.2. The molecule has 0 aliphatic carbocycles. The maximum absolute atomic E-state index is 12.9. The minimum atomic E-state index is -1.10. The van der Waals surface area contributed by atoms with Crippen molar-refractivity contribution in [3.8, 4) is 11.3 Å². The molecule has 0 spiro atoms. The Balaban J connectivity index is 1.88. The first-order chi connectivity index (χ1) is 13.5. The van der Waals surface area contributed by atoms with Crippen LogP contribution in [-0.2, 0) is 23.1 Å². The normalized spacial score (nSPS) is 11.6. The number of benzene rings is 1. The van der Waals surface area contributed by atoms with E-state index in [1.165, 1.54) is 4.68 Å². The standard InChI is InChI=1S/C20H19N5O3/c1-25-12-15(17(24-25)14-7-9-22-10-8-14)20(28)23-16(18(26)19(21)27)11-13-5-3-2-4-6-13/h2-10,12,16H,11H2,1H3,(H2,21,27)(H,23,28). The second-order valence-corrected chi connectivity index (χ2v) is 6.25. The maximum atomic E-state index is 12.9. The molecule has 8 heteroatoms. The Morgan fingerprint density at radius 3 is 2.43 bits per heavy atom. The molecule has 2 amide bonds. The first-order valence-corrected chi connectivity index (χ1v) is 8.58. The van der Waals surface area contributed by atoms with E-state index >= 15 is 0 Å². The van der Waals surface area contributed by atoms with Crippen molar-refractivity contribution in [1.82, 2.24) is 20.1 Å². The van der Waals surface area contributed by atoms with Gasteiger partial charge in [0.1, 0.15) is 11.7 Å². The van der Waals surface area contributed by atoms with Gasteiger partial charge in [0.05, 0.1) is 5.56 Å². The molecule has 3 rings (SSSR count). The molecule has 2 aromatic heterocycles. The third-order valence-electron chi connectivity index (χ3n) is 4.17. The number of Topliss-reactive ketones (excluding diaryl/α,β-unsaturated/α-hetero) is 1. The van der Waals surface area contributed by atoms with E-state index in [1.54, 1.807) is 49.9 Å². The highest BCUT2D eigenvalue weighted by atomic mass is 16.2. The van der Waals surface area contributed by atoms with E-state index in [2.05, 4.69) is 15.4 Å². The number of pyridine rings is 1. The molecule has 3 aromatic rings. The Morgan fingerprint density at radius 2 is 1.79 bits per heavy atom. The average Bonchev–Trinajstić information content (AvgIpc) is 3.10. The van der Waals surface area contributed by atoms with Crippen molar-refractivity contribution in [1.29, 1.82) is 0 Å². The average molecular weight is 377 g/mol. The van der Waals surface area contributed by atoms with Gasteiger partial charge in [-0.2, -0.15) is 5.10 Å². The van der Waals surface area contributed by atoms with Crippen molar-refractivity contribution in [3.05, 3.63) is 72.2 Å². The van der Waals surface area contributed by atoms with E-state index in [4.69, 9.17) is 5.73 Å². The number of aromatic nitrogens is 3. The molecule has 0 bridgehead atoms. The van der Waals surface area contributed by atoms with E-state index in [1.807, 2.05) is 18.2 Å². The van der Waals surface area contributed by atoms with Crippen LogP contribution in [0.5, 0.6) is 0 Å². The van der Waals surface area contributed by atoms with E-state index < -0.39 is 23.6 Å². The summed E-state index contributed by atoms with van der Waals surface area (Å²) < 4.78 is 1.51. The molecule has 0 radical (unpaired) electrons. The van der Waals surface area contributed by atoms with Crippen molar-refractivity contribution in [3.63, 3.8) is 0 Å². The summed E-state index contributed by atoms with van der Waals surface area (Å²) in [6.45, 7) is 0. The summed E-state index contributed by atoms with van der Waals surface area (Å²) in [5.41, 5.74) is 7.40. The molecular weight excluding hydrogens is 358 g/mol. The Morgan fingerprint density at radius 1 is 1.11 bits per heavy atom. The fourth-order valence-corrected chi connectivity index (χ4v) is 2.84. The predicted octanol–water partition coefficient (Wildman–Crippen LogP) is 0.878. The number of ketones is 1. The first-order valence-electron chi connectivity index (χ1n) is 8.58. The number of rotatable bonds is 7. The summed E-state index contributed by atoms with van der Waals surface area (Å²) in [6, 6.07) is 11.5. The summed E-state index contributed by atoms with van der Waals surface area (Å²) in [7, 11) is 1.69. The number of carbonyl (C=O) groups excluding carboxylic acids is 3. The van der Waals surface area contributed by atoms with Gasteiger partial charge in [0.2, 0.25) is 5.78 Å². The maximum Gasteiger partial charge on any atom is 0.287 e. The molecule has 28 heavy (non-hydrogen) atoms. The third kappa shape index (κ3) is 4.29. The molecule has 0 fully saturated rings. The number of nitrogens with zero attached hydrogens (tertiary/aromatic N) is 3. The lowest BCUT2D eigenvalue weighted by molar-refractivity contribution is -0.137. The van der Waals surface area contributed by atoms with E-state index in [0.29, 0.717) is 11.3 Å². The zero-order valence-electron chi connectivity index (χ0n) is 15.2. The van der Waals surface area contributed by atoms with Crippen molar-refractivity contribution >= 4 is 17.6 Å². The predicted molar refractivity (Wildman–Crippen MR) is 102 cm³/mol. The topological polar surface area (TPSA) is 120 Å². The lowest BCUT2D eigenvalue weighted by Crippen LogP contribution is -2.47. The van der Waals surface area contributed by atoms with E-state index in [0.717, 1.165) is 5.56 Å². The summed E-state index contributed by atoms with van der Waals surface area (Å²) in [6.07, 6.45) is 4.90. The van der Waals surface area contributed by atoms with Crippen molar-refractivity contribution < 1.29 is 14.4 Å². The number of primary amides is 1. The molecule has 0 aliphatic heterocycles. The molecule has 142 valence electrons. The number of hydrogen-bond donors (Lipinski definition) is 2. The molecule has 3 N–H and O–H groups in total. The molecule has 1 aromatic carbocycles. The molecule has 0 aliphatic rings. The van der Waals surface area contributed by atoms with Crippen LogP contribution < -0.4 is 11.1 Å². The fourth-order valence-electron chi connectivity index (χ4n) is 2.84. The third-order valence-corrected chi connectivity index (χ3v) is 4.17. The van der Waals surface area contributed by atoms with Gasteiger partial charge in [-0.3, -0.25) is 24.0 Å². The number of hydrogen-bond acceptors (Lipinski definition) is 5. The molecule has 0 saturated carbocycles. The van der Waals surface area contributed by atoms with Gasteiger partial charge in [-0.1, -0.05) is 30.3 Å². The van der Waals surface area contributed by atoms with Gasteiger partial charge in [0.25, 0.3) is 11.8 Å². The quantitative estimate of drug-likeness (QED) is 0.592. The first kappa shape index (κ1) is 19.0. The molecule has 2 heterocycles. The number of aryl methyl sites for hydroxylation is 1. The number of nitrogens with two attached hydrogens (primary N) is 1. The minimum Gasteiger partial charge on any atom is -0.363 e. The Kier molecular flexibility index (Phi) is 5.59. The van der Waals surface area contributed by atoms with Crippen LogP contribution in [0.25, 0.3) is 11.3 Å². The van der Waals surface area contributed by atoms with Crippen LogP contribution in [-0.4, -0.2) is 38.4 Å². The Hall–Kier alpha value is -3.81. The van der Waals surface area contributed by atoms with Crippen LogP contribution in [0.4, 0.5) is 0 Å². The van der Waals surface area contributed by atoms with Gasteiger partial charge in [0.15, 0.2) is 0 Å². The van der Waals surface area contributed by atoms with Gasteiger partial charge in [0, 0.05) is 37.6 Å². The summed E-state index contributed by atoms with van der Waals surface area (Å²) in [5, 5.41) is 6.95. The van der Waals surface area contributed by atoms with Gasteiger partial charge >= 0.3 is 0 Å². The highest BCUT2D eigenvalue weighted by Crippen LogP contribution is 2.21. The second kappa shape index (κ2) is 8.26. The number of nitrogens with one attached hydrogen (secondary N) is 1. The van der Waals surface area contributed by atoms with Crippen molar-refractivity contribution in [2.24, 2.45) is 12.8 Å². The highest BCUT2D eigenvalue weighted by molar-refractivity contribution is 6.38. The molecule has 1 unspecified atom stereocenters. The van der Waals surface area contributed by atoms with E-state index in [9.17, 15) is 14.4 Å². The minimum absolute atomic E-state index is 0.152. The monoisotopic (exact) mass is 377 g/mol. The largest absolute Gasteiger partial charge is 0.363 e. The smallest absolute Gasteiger partial charge is 0.287 e. The van der Waals surface area contributed by atoms with Gasteiger partial charge < -0.3 is 11.1 Å². The highest BCUT2D eigenvalue weighted by Gasteiger charge is 2.27. The Bertz CT molecular complexity index is 999. The molecule has 0 saturated heterocycles. The zero-order chi connectivity index (χ0) is 20.1. The fraction of sp³-hybridized carbons (Fsp3) is 0.150. The molecule has 8 nitrogen and oxygen atoms in total. The van der Waals surface area contributed by atoms with Crippen LogP contribution in [0.3, 0.4) is 0 Å². The molecular formula is C20H19N5O3. The van der Waals surface area contributed by atoms with Crippen molar-refractivity contribution in [2.45, 2.75) is 12.5 Å². The lowest BCUT2D eigenvalue weighted by Gasteiger charge is -2.16. The van der Waals surface area contributed by atoms with Crippen LogP contribution >= 0.6 is 0 Å².